The molecule has 0 aliphatic rings. The molecule has 9 heavy (non-hydrogen) atoms. The van der Waals surface area contributed by atoms with Gasteiger partial charge in [-0.3, -0.25) is 4.68 Å². The Morgan fingerprint density at radius 3 is 2.78 bits per heavy atom. The number of nitrogens with zero attached hydrogens (tertiary/aromatic N) is 2. The van der Waals surface area contributed by atoms with Gasteiger partial charge in [-0.1, -0.05) is 11.6 Å². The van der Waals surface area contributed by atoms with Crippen LogP contribution in [0.15, 0.2) is 6.20 Å². The fraction of sp³-hybridized carbons (Fsp3) is 0.167. The van der Waals surface area contributed by atoms with Crippen molar-refractivity contribution in [2.24, 2.45) is 7.05 Å². The lowest BCUT2D eigenvalue weighted by molar-refractivity contribution is 0.758. The predicted octanol–water partition coefficient (Wildman–Crippen LogP) is 1.05. The largest absolute Gasteiger partial charge is 0.259 e. The molecule has 0 amide bonds. The van der Waals surface area contributed by atoms with E-state index in [0.29, 0.717) is 10.7 Å². The van der Waals surface area contributed by atoms with Crippen LogP contribution in [-0.2, 0) is 7.05 Å². The second-order valence-corrected chi connectivity index (χ2v) is 2.02. The number of terminal acetylenes is 1. The summed E-state index contributed by atoms with van der Waals surface area (Å²) in [5, 5.41) is 4.36. The summed E-state index contributed by atoms with van der Waals surface area (Å²) >= 11 is 5.62. The fourth-order valence-electron chi connectivity index (χ4n) is 0.573. The minimum atomic E-state index is 0.528. The number of hydrogen-bond acceptors (Lipinski definition) is 1. The van der Waals surface area contributed by atoms with Gasteiger partial charge in [0.1, 0.15) is 5.69 Å². The molecule has 0 aliphatic heterocycles. The Labute approximate surface area is 58.4 Å². The molecular formula is C6H5ClN2. The standard InChI is InChI=1S/C6H5ClN2/c1-3-6-5(7)4-8-9(6)2/h1,4H,2H3. The van der Waals surface area contributed by atoms with Crippen molar-refractivity contribution in [3.63, 3.8) is 0 Å². The first kappa shape index (κ1) is 6.18. The third-order valence-electron chi connectivity index (χ3n) is 1.03. The van der Waals surface area contributed by atoms with E-state index in [0.717, 1.165) is 0 Å². The monoisotopic (exact) mass is 140 g/mol. The summed E-state index contributed by atoms with van der Waals surface area (Å²) in [6.07, 6.45) is 6.63. The van der Waals surface area contributed by atoms with Gasteiger partial charge in [0.2, 0.25) is 0 Å². The molecule has 0 fully saturated rings. The third kappa shape index (κ3) is 0.914. The first-order valence-corrected chi connectivity index (χ1v) is 2.77. The van der Waals surface area contributed by atoms with Crippen LogP contribution in [0.5, 0.6) is 0 Å². The minimum absolute atomic E-state index is 0.528. The van der Waals surface area contributed by atoms with Gasteiger partial charge in [-0.25, -0.2) is 0 Å². The van der Waals surface area contributed by atoms with Crippen LogP contribution in [0.2, 0.25) is 5.02 Å². The molecule has 0 radical (unpaired) electrons. The number of aromatic nitrogens is 2. The Balaban J connectivity index is 3.27. The number of halogens is 1. The Morgan fingerprint density at radius 2 is 2.56 bits per heavy atom. The normalized spacial score (nSPS) is 9.00. The lowest BCUT2D eigenvalue weighted by Crippen LogP contribution is -1.92. The maximum atomic E-state index is 5.62. The summed E-state index contributed by atoms with van der Waals surface area (Å²) in [5.74, 6) is 2.41. The molecule has 0 spiro atoms. The van der Waals surface area contributed by atoms with Gasteiger partial charge in [-0.2, -0.15) is 5.10 Å². The van der Waals surface area contributed by atoms with Crippen LogP contribution in [-0.4, -0.2) is 9.78 Å². The molecule has 1 heterocycles. The lowest BCUT2D eigenvalue weighted by atomic mass is 10.4. The van der Waals surface area contributed by atoms with E-state index >= 15 is 0 Å². The second kappa shape index (κ2) is 2.12. The van der Waals surface area contributed by atoms with Gasteiger partial charge in [0.05, 0.1) is 11.2 Å². The van der Waals surface area contributed by atoms with E-state index in [1.54, 1.807) is 11.7 Å². The summed E-state index contributed by atoms with van der Waals surface area (Å²) in [5.41, 5.74) is 0.622. The van der Waals surface area contributed by atoms with E-state index < -0.39 is 0 Å². The minimum Gasteiger partial charge on any atom is -0.259 e. The SMILES string of the molecule is C#Cc1c(Cl)cnn1C. The fourth-order valence-corrected chi connectivity index (χ4v) is 0.794. The molecule has 1 aromatic heterocycles. The van der Waals surface area contributed by atoms with Crippen molar-refractivity contribution in [2.45, 2.75) is 0 Å². The van der Waals surface area contributed by atoms with Gasteiger partial charge in [0.15, 0.2) is 0 Å². The van der Waals surface area contributed by atoms with Crippen molar-refractivity contribution in [3.8, 4) is 12.3 Å². The number of hydrogen-bond donors (Lipinski definition) is 0. The molecule has 1 rings (SSSR count). The zero-order chi connectivity index (χ0) is 6.85. The highest BCUT2D eigenvalue weighted by Gasteiger charge is 1.99. The molecule has 2 nitrogen and oxygen atoms in total. The maximum Gasteiger partial charge on any atom is 0.129 e. The number of rotatable bonds is 0. The van der Waals surface area contributed by atoms with E-state index in [9.17, 15) is 0 Å². The highest BCUT2D eigenvalue weighted by atomic mass is 35.5. The average molecular weight is 141 g/mol. The topological polar surface area (TPSA) is 17.8 Å². The quantitative estimate of drug-likeness (QED) is 0.493. The Morgan fingerprint density at radius 1 is 1.89 bits per heavy atom. The van der Waals surface area contributed by atoms with Crippen molar-refractivity contribution in [2.75, 3.05) is 0 Å². The Kier molecular flexibility index (Phi) is 1.46. The Hall–Kier alpha value is -0.940. The highest BCUT2D eigenvalue weighted by molar-refractivity contribution is 6.31. The Bertz CT molecular complexity index is 237. The van der Waals surface area contributed by atoms with E-state index in [1.165, 1.54) is 6.20 Å². The molecule has 1 aromatic rings. The lowest BCUT2D eigenvalue weighted by Gasteiger charge is -1.88. The highest BCUT2D eigenvalue weighted by Crippen LogP contribution is 2.11. The van der Waals surface area contributed by atoms with E-state index in [-0.39, 0.29) is 0 Å². The first-order valence-electron chi connectivity index (χ1n) is 2.40. The molecule has 0 unspecified atom stereocenters. The summed E-state index contributed by atoms with van der Waals surface area (Å²) < 4.78 is 1.56. The molecule has 0 saturated heterocycles. The van der Waals surface area contributed by atoms with Gasteiger partial charge in [0.25, 0.3) is 0 Å². The zero-order valence-electron chi connectivity index (χ0n) is 4.93. The molecule has 0 aromatic carbocycles. The van der Waals surface area contributed by atoms with Crippen molar-refractivity contribution in [3.05, 3.63) is 16.9 Å². The van der Waals surface area contributed by atoms with E-state index in [2.05, 4.69) is 11.0 Å². The molecular weight excluding hydrogens is 136 g/mol. The van der Waals surface area contributed by atoms with Crippen molar-refractivity contribution in [1.29, 1.82) is 0 Å². The average Bonchev–Trinajstić information content (AvgIpc) is 2.12. The van der Waals surface area contributed by atoms with Gasteiger partial charge in [-0.05, 0) is 5.92 Å². The summed E-state index contributed by atoms with van der Waals surface area (Å²) in [6.45, 7) is 0. The van der Waals surface area contributed by atoms with Crippen LogP contribution >= 0.6 is 11.6 Å². The third-order valence-corrected chi connectivity index (χ3v) is 1.31. The van der Waals surface area contributed by atoms with Crippen LogP contribution in [0.25, 0.3) is 0 Å². The second-order valence-electron chi connectivity index (χ2n) is 1.61. The summed E-state index contributed by atoms with van der Waals surface area (Å²) in [7, 11) is 1.75. The molecule has 0 N–H and O–H groups in total. The van der Waals surface area contributed by atoms with Crippen molar-refractivity contribution in [1.82, 2.24) is 9.78 Å². The molecule has 3 heteroatoms. The van der Waals surface area contributed by atoms with Crippen LogP contribution in [0.3, 0.4) is 0 Å². The van der Waals surface area contributed by atoms with Crippen molar-refractivity contribution >= 4 is 11.6 Å². The zero-order valence-corrected chi connectivity index (χ0v) is 5.68. The van der Waals surface area contributed by atoms with Gasteiger partial charge >= 0.3 is 0 Å². The number of aryl methyl sites for hydroxylation is 1. The molecule has 0 bridgehead atoms. The van der Waals surface area contributed by atoms with Crippen molar-refractivity contribution < 1.29 is 0 Å². The summed E-state index contributed by atoms with van der Waals surface area (Å²) in [6, 6.07) is 0. The molecule has 0 atom stereocenters. The predicted molar refractivity (Wildman–Crippen MR) is 36.2 cm³/mol. The van der Waals surface area contributed by atoms with Crippen LogP contribution in [0, 0.1) is 12.3 Å². The smallest absolute Gasteiger partial charge is 0.129 e. The van der Waals surface area contributed by atoms with E-state index in [1.807, 2.05) is 0 Å². The van der Waals surface area contributed by atoms with E-state index in [4.69, 9.17) is 18.0 Å². The molecule has 0 saturated carbocycles. The molecule has 46 valence electrons. The van der Waals surface area contributed by atoms with Gasteiger partial charge in [-0.15, -0.1) is 6.42 Å². The first-order chi connectivity index (χ1) is 4.25. The maximum absolute atomic E-state index is 5.62. The molecule has 0 aliphatic carbocycles. The van der Waals surface area contributed by atoms with Gasteiger partial charge < -0.3 is 0 Å². The van der Waals surface area contributed by atoms with Crippen LogP contribution < -0.4 is 0 Å². The summed E-state index contributed by atoms with van der Waals surface area (Å²) in [4.78, 5) is 0. The van der Waals surface area contributed by atoms with Crippen LogP contribution in [0.1, 0.15) is 5.69 Å². The van der Waals surface area contributed by atoms with Crippen LogP contribution in [0.4, 0.5) is 0 Å². The van der Waals surface area contributed by atoms with Gasteiger partial charge in [0, 0.05) is 7.05 Å².